The third-order valence-corrected chi connectivity index (χ3v) is 3.20. The Balaban J connectivity index is 2.11. The number of carboxylic acids is 2. The first-order chi connectivity index (χ1) is 13.4. The van der Waals surface area contributed by atoms with E-state index in [4.69, 9.17) is 19.7 Å². The van der Waals surface area contributed by atoms with Gasteiger partial charge in [0.15, 0.2) is 24.7 Å². The van der Waals surface area contributed by atoms with E-state index in [0.717, 1.165) is 0 Å². The smallest absolute Gasteiger partial charge is 0.341 e. The molecule has 0 bridgehead atoms. The summed E-state index contributed by atoms with van der Waals surface area (Å²) in [5, 5.41) is 30.8. The molecule has 10 nitrogen and oxygen atoms in total. The van der Waals surface area contributed by atoms with Crippen LogP contribution in [0.3, 0.4) is 0 Å². The van der Waals surface area contributed by atoms with Gasteiger partial charge < -0.3 is 24.8 Å². The molecule has 1 amide bonds. The van der Waals surface area contributed by atoms with Crippen molar-refractivity contribution in [1.29, 1.82) is 0 Å². The van der Waals surface area contributed by atoms with Crippen molar-refractivity contribution < 1.29 is 39.2 Å². The van der Waals surface area contributed by atoms with Crippen molar-refractivity contribution in [3.05, 3.63) is 53.6 Å². The van der Waals surface area contributed by atoms with E-state index in [1.807, 2.05) is 0 Å². The Labute approximate surface area is 158 Å². The minimum Gasteiger partial charge on any atom is -0.507 e. The molecule has 0 saturated carbocycles. The molecule has 146 valence electrons. The van der Waals surface area contributed by atoms with Crippen LogP contribution in [0.5, 0.6) is 17.2 Å². The van der Waals surface area contributed by atoms with Gasteiger partial charge in [-0.15, -0.1) is 0 Å². The van der Waals surface area contributed by atoms with E-state index in [9.17, 15) is 19.5 Å². The number of para-hydroxylation sites is 1. The molecule has 0 aromatic heterocycles. The first kappa shape index (κ1) is 20.2. The van der Waals surface area contributed by atoms with Crippen molar-refractivity contribution in [2.75, 3.05) is 13.2 Å². The highest BCUT2D eigenvalue weighted by Crippen LogP contribution is 2.28. The third kappa shape index (κ3) is 6.02. The number of benzene rings is 2. The van der Waals surface area contributed by atoms with Gasteiger partial charge in [0.2, 0.25) is 0 Å². The van der Waals surface area contributed by atoms with Gasteiger partial charge in [-0.2, -0.15) is 5.10 Å². The minimum absolute atomic E-state index is 0.000342. The molecule has 0 radical (unpaired) electrons. The maximum Gasteiger partial charge on any atom is 0.341 e. The monoisotopic (exact) mass is 388 g/mol. The average molecular weight is 388 g/mol. The molecule has 4 N–H and O–H groups in total. The van der Waals surface area contributed by atoms with E-state index in [2.05, 4.69) is 10.5 Å². The molecule has 28 heavy (non-hydrogen) atoms. The summed E-state index contributed by atoms with van der Waals surface area (Å²) >= 11 is 0. The highest BCUT2D eigenvalue weighted by Gasteiger charge is 2.11. The minimum atomic E-state index is -1.22. The van der Waals surface area contributed by atoms with Gasteiger partial charge >= 0.3 is 11.9 Å². The molecule has 2 rings (SSSR count). The number of ether oxygens (including phenoxy) is 2. The maximum absolute atomic E-state index is 12.0. The fraction of sp³-hybridized carbons (Fsp3) is 0.111. The Hall–Kier alpha value is -4.08. The predicted molar refractivity (Wildman–Crippen MR) is 95.9 cm³/mol. The van der Waals surface area contributed by atoms with Crippen LogP contribution in [0.15, 0.2) is 47.6 Å². The van der Waals surface area contributed by atoms with Crippen molar-refractivity contribution in [2.24, 2.45) is 5.10 Å². The zero-order valence-electron chi connectivity index (χ0n) is 14.4. The Morgan fingerprint density at radius 2 is 1.61 bits per heavy atom. The van der Waals surface area contributed by atoms with Crippen LogP contribution in [-0.4, -0.2) is 52.6 Å². The van der Waals surface area contributed by atoms with Crippen LogP contribution in [0.2, 0.25) is 0 Å². The molecule has 0 unspecified atom stereocenters. The van der Waals surface area contributed by atoms with E-state index in [1.54, 1.807) is 12.1 Å². The highest BCUT2D eigenvalue weighted by atomic mass is 16.5. The fourth-order valence-electron chi connectivity index (χ4n) is 2.01. The normalized spacial score (nSPS) is 10.4. The molecule has 0 aliphatic rings. The predicted octanol–water partition coefficient (Wildman–Crippen LogP) is 1.08. The summed E-state index contributed by atoms with van der Waals surface area (Å²) in [4.78, 5) is 33.3. The molecule has 0 heterocycles. The summed E-state index contributed by atoms with van der Waals surface area (Å²) in [7, 11) is 0. The van der Waals surface area contributed by atoms with Gasteiger partial charge in [-0.25, -0.2) is 15.0 Å². The van der Waals surface area contributed by atoms with Crippen LogP contribution >= 0.6 is 0 Å². The van der Waals surface area contributed by atoms with Gasteiger partial charge in [0.25, 0.3) is 5.91 Å². The quantitative estimate of drug-likeness (QED) is 0.367. The number of aliphatic carboxylic acids is 2. The van der Waals surface area contributed by atoms with Crippen LogP contribution < -0.4 is 14.9 Å². The average Bonchev–Trinajstić information content (AvgIpc) is 2.65. The molecule has 10 heteroatoms. The number of nitrogens with zero attached hydrogens (tertiary/aromatic N) is 1. The zero-order valence-corrected chi connectivity index (χ0v) is 14.4. The number of aromatic hydroxyl groups is 1. The molecular weight excluding hydrogens is 372 g/mol. The van der Waals surface area contributed by atoms with Crippen molar-refractivity contribution in [2.45, 2.75) is 0 Å². The molecule has 0 aliphatic heterocycles. The van der Waals surface area contributed by atoms with E-state index in [-0.39, 0.29) is 22.8 Å². The fourth-order valence-corrected chi connectivity index (χ4v) is 2.01. The lowest BCUT2D eigenvalue weighted by atomic mass is 10.2. The van der Waals surface area contributed by atoms with E-state index in [1.165, 1.54) is 36.5 Å². The van der Waals surface area contributed by atoms with Crippen molar-refractivity contribution >= 4 is 24.1 Å². The molecular formula is C18H16N2O8. The van der Waals surface area contributed by atoms with Gasteiger partial charge in [-0.1, -0.05) is 12.1 Å². The van der Waals surface area contributed by atoms with Crippen LogP contribution in [0.4, 0.5) is 0 Å². The Morgan fingerprint density at radius 1 is 0.964 bits per heavy atom. The van der Waals surface area contributed by atoms with Gasteiger partial charge in [0.05, 0.1) is 11.8 Å². The van der Waals surface area contributed by atoms with Gasteiger partial charge in [-0.05, 0) is 35.9 Å². The van der Waals surface area contributed by atoms with Crippen molar-refractivity contribution in [3.8, 4) is 17.2 Å². The summed E-state index contributed by atoms with van der Waals surface area (Å²) in [6.07, 6.45) is 1.26. The SMILES string of the molecule is O=C(O)COc1ccc(C=NNC(=O)c2ccccc2O)cc1OCC(=O)O. The second-order valence-electron chi connectivity index (χ2n) is 5.29. The molecule has 0 aliphatic carbocycles. The summed E-state index contributed by atoms with van der Waals surface area (Å²) in [6.45, 7) is -1.29. The molecule has 0 fully saturated rings. The number of amides is 1. The van der Waals surface area contributed by atoms with Gasteiger partial charge in [0, 0.05) is 0 Å². The lowest BCUT2D eigenvalue weighted by Crippen LogP contribution is -2.17. The summed E-state index contributed by atoms with van der Waals surface area (Å²) in [5.41, 5.74) is 2.70. The first-order valence-electron chi connectivity index (χ1n) is 7.81. The largest absolute Gasteiger partial charge is 0.507 e. The maximum atomic E-state index is 12.0. The number of hydrazone groups is 1. The number of nitrogens with one attached hydrogen (secondary N) is 1. The van der Waals surface area contributed by atoms with Crippen molar-refractivity contribution in [1.82, 2.24) is 5.43 Å². The lowest BCUT2D eigenvalue weighted by molar-refractivity contribution is -0.140. The summed E-state index contributed by atoms with van der Waals surface area (Å²) in [5.74, 6) is -3.21. The molecule has 2 aromatic carbocycles. The number of rotatable bonds is 9. The summed E-state index contributed by atoms with van der Waals surface area (Å²) in [6, 6.07) is 10.2. The third-order valence-electron chi connectivity index (χ3n) is 3.20. The standard InChI is InChI=1S/C18H16N2O8/c21-13-4-2-1-3-12(13)18(26)20-19-8-11-5-6-14(27-9-16(22)23)15(7-11)28-10-17(24)25/h1-8,21H,9-10H2,(H,20,26)(H,22,23)(H,24,25). The Kier molecular flexibility index (Phi) is 6.92. The van der Waals surface area contributed by atoms with E-state index >= 15 is 0 Å². The van der Waals surface area contributed by atoms with Gasteiger partial charge in [-0.3, -0.25) is 4.79 Å². The molecule has 0 saturated heterocycles. The van der Waals surface area contributed by atoms with Crippen LogP contribution in [0.25, 0.3) is 0 Å². The summed E-state index contributed by atoms with van der Waals surface area (Å²) < 4.78 is 10.1. The van der Waals surface area contributed by atoms with E-state index < -0.39 is 31.1 Å². The van der Waals surface area contributed by atoms with Gasteiger partial charge in [0.1, 0.15) is 5.75 Å². The highest BCUT2D eigenvalue weighted by molar-refractivity contribution is 5.97. The van der Waals surface area contributed by atoms with Crippen LogP contribution in [-0.2, 0) is 9.59 Å². The molecule has 2 aromatic rings. The second-order valence-corrected chi connectivity index (χ2v) is 5.29. The zero-order chi connectivity index (χ0) is 20.5. The van der Waals surface area contributed by atoms with Crippen LogP contribution in [0.1, 0.15) is 15.9 Å². The number of hydrogen-bond acceptors (Lipinski definition) is 7. The number of phenolic OH excluding ortho intramolecular Hbond substituents is 1. The second kappa shape index (κ2) is 9.57. The van der Waals surface area contributed by atoms with Crippen LogP contribution in [0, 0.1) is 0 Å². The van der Waals surface area contributed by atoms with E-state index in [0.29, 0.717) is 5.56 Å². The topological polar surface area (TPSA) is 155 Å². The number of phenols is 1. The molecule has 0 atom stereocenters. The Morgan fingerprint density at radius 3 is 2.25 bits per heavy atom. The molecule has 0 spiro atoms. The number of hydrogen-bond donors (Lipinski definition) is 4. The number of carbonyl (C=O) groups excluding carboxylic acids is 1. The lowest BCUT2D eigenvalue weighted by Gasteiger charge is -2.11. The van der Waals surface area contributed by atoms with Crippen molar-refractivity contribution in [3.63, 3.8) is 0 Å². The number of carboxylic acid groups (broad SMARTS) is 2. The first-order valence-corrected chi connectivity index (χ1v) is 7.81. The number of carbonyl (C=O) groups is 3. The Bertz CT molecular complexity index is 910.